The Kier molecular flexibility index (Phi) is 7.31. The van der Waals surface area contributed by atoms with Crippen molar-refractivity contribution in [3.05, 3.63) is 69.7 Å². The molecule has 1 fully saturated rings. The fourth-order valence-corrected chi connectivity index (χ4v) is 3.70. The zero-order valence-corrected chi connectivity index (χ0v) is 17.0. The molecule has 0 radical (unpaired) electrons. The Morgan fingerprint density at radius 2 is 1.68 bits per heavy atom. The summed E-state index contributed by atoms with van der Waals surface area (Å²) >= 11 is 12.0. The number of piperazine rings is 1. The third kappa shape index (κ3) is 5.71. The van der Waals surface area contributed by atoms with E-state index in [2.05, 4.69) is 10.2 Å². The van der Waals surface area contributed by atoms with Crippen molar-refractivity contribution in [3.8, 4) is 0 Å². The first-order chi connectivity index (χ1) is 13.5. The van der Waals surface area contributed by atoms with Crippen molar-refractivity contribution in [3.63, 3.8) is 0 Å². The third-order valence-corrected chi connectivity index (χ3v) is 5.37. The number of rotatable bonds is 6. The van der Waals surface area contributed by atoms with Gasteiger partial charge in [0.05, 0.1) is 6.54 Å². The van der Waals surface area contributed by atoms with Crippen LogP contribution in [0, 0.1) is 0 Å². The van der Waals surface area contributed by atoms with Crippen LogP contribution < -0.4 is 5.32 Å². The second-order valence-electron chi connectivity index (χ2n) is 6.77. The molecule has 3 rings (SSSR count). The number of halogens is 2. The zero-order chi connectivity index (χ0) is 19.9. The van der Waals surface area contributed by atoms with Crippen molar-refractivity contribution in [1.29, 1.82) is 0 Å². The average Bonchev–Trinajstić information content (AvgIpc) is 2.70. The van der Waals surface area contributed by atoms with Crippen molar-refractivity contribution in [2.75, 3.05) is 39.3 Å². The molecule has 0 bridgehead atoms. The van der Waals surface area contributed by atoms with Gasteiger partial charge in [-0.15, -0.1) is 0 Å². The van der Waals surface area contributed by atoms with Crippen LogP contribution >= 0.6 is 23.2 Å². The number of hydrogen-bond donors (Lipinski definition) is 1. The van der Waals surface area contributed by atoms with E-state index in [1.807, 2.05) is 41.3 Å². The Morgan fingerprint density at radius 1 is 0.964 bits per heavy atom. The van der Waals surface area contributed by atoms with Crippen molar-refractivity contribution < 1.29 is 9.59 Å². The van der Waals surface area contributed by atoms with E-state index in [1.54, 1.807) is 12.1 Å². The lowest BCUT2D eigenvalue weighted by Crippen LogP contribution is -2.51. The molecule has 2 aromatic rings. The monoisotopic (exact) mass is 419 g/mol. The van der Waals surface area contributed by atoms with Gasteiger partial charge in [0.25, 0.3) is 5.91 Å². The molecule has 2 amide bonds. The van der Waals surface area contributed by atoms with E-state index in [0.717, 1.165) is 5.56 Å². The lowest BCUT2D eigenvalue weighted by Gasteiger charge is -2.34. The van der Waals surface area contributed by atoms with Crippen molar-refractivity contribution in [2.24, 2.45) is 0 Å². The van der Waals surface area contributed by atoms with Gasteiger partial charge in [0.15, 0.2) is 0 Å². The molecule has 1 heterocycles. The first-order valence-corrected chi connectivity index (χ1v) is 10.1. The molecular formula is C21H23Cl2N3O2. The van der Waals surface area contributed by atoms with Gasteiger partial charge in [0, 0.05) is 48.3 Å². The Bertz CT molecular complexity index is 822. The van der Waals surface area contributed by atoms with Gasteiger partial charge in [0.2, 0.25) is 5.91 Å². The summed E-state index contributed by atoms with van der Waals surface area (Å²) in [4.78, 5) is 28.6. The Morgan fingerprint density at radius 3 is 2.36 bits per heavy atom. The molecule has 0 aromatic heterocycles. The Hall–Kier alpha value is -2.08. The van der Waals surface area contributed by atoms with Crippen LogP contribution in [0.1, 0.15) is 15.9 Å². The molecule has 2 aromatic carbocycles. The second kappa shape index (κ2) is 9.92. The topological polar surface area (TPSA) is 52.7 Å². The van der Waals surface area contributed by atoms with Crippen LogP contribution in [0.3, 0.4) is 0 Å². The average molecular weight is 420 g/mol. The van der Waals surface area contributed by atoms with Crippen LogP contribution in [0.15, 0.2) is 48.5 Å². The minimum atomic E-state index is -0.0204. The van der Waals surface area contributed by atoms with Crippen LogP contribution in [0.5, 0.6) is 0 Å². The number of nitrogens with one attached hydrogen (secondary N) is 1. The third-order valence-electron chi connectivity index (χ3n) is 4.78. The van der Waals surface area contributed by atoms with Crippen LogP contribution in [0.4, 0.5) is 0 Å². The number of carbonyl (C=O) groups is 2. The van der Waals surface area contributed by atoms with Crippen LogP contribution in [0.25, 0.3) is 0 Å². The van der Waals surface area contributed by atoms with Gasteiger partial charge in [-0.2, -0.15) is 0 Å². The van der Waals surface area contributed by atoms with Gasteiger partial charge < -0.3 is 10.2 Å². The fourth-order valence-electron chi connectivity index (χ4n) is 3.19. The lowest BCUT2D eigenvalue weighted by atomic mass is 10.1. The van der Waals surface area contributed by atoms with Crippen LogP contribution in [0.2, 0.25) is 10.0 Å². The smallest absolute Gasteiger partial charge is 0.253 e. The maximum Gasteiger partial charge on any atom is 0.253 e. The summed E-state index contributed by atoms with van der Waals surface area (Å²) in [5.74, 6) is 0.0254. The zero-order valence-electron chi connectivity index (χ0n) is 15.5. The summed E-state index contributed by atoms with van der Waals surface area (Å²) in [6.45, 7) is 3.49. The summed E-state index contributed by atoms with van der Waals surface area (Å²) in [6, 6.07) is 14.7. The molecule has 148 valence electrons. The van der Waals surface area contributed by atoms with E-state index in [-0.39, 0.29) is 11.8 Å². The number of carbonyl (C=O) groups excluding carboxylic acids is 2. The molecule has 1 aliphatic rings. The van der Waals surface area contributed by atoms with E-state index < -0.39 is 0 Å². The number of hydrogen-bond acceptors (Lipinski definition) is 3. The molecule has 1 aliphatic heterocycles. The highest BCUT2D eigenvalue weighted by molar-refractivity contribution is 6.35. The van der Waals surface area contributed by atoms with E-state index in [1.165, 1.54) is 0 Å². The molecule has 0 spiro atoms. The quantitative estimate of drug-likeness (QED) is 0.782. The summed E-state index contributed by atoms with van der Waals surface area (Å²) in [5.41, 5.74) is 1.66. The van der Waals surface area contributed by atoms with Gasteiger partial charge in [-0.05, 0) is 36.2 Å². The first kappa shape index (κ1) is 20.6. The molecule has 0 saturated carbocycles. The molecule has 0 aliphatic carbocycles. The van der Waals surface area contributed by atoms with Gasteiger partial charge in [-0.3, -0.25) is 14.5 Å². The van der Waals surface area contributed by atoms with Gasteiger partial charge in [0.1, 0.15) is 0 Å². The minimum Gasteiger partial charge on any atom is -0.355 e. The Labute approximate surface area is 175 Å². The van der Waals surface area contributed by atoms with Crippen molar-refractivity contribution in [2.45, 2.75) is 6.42 Å². The van der Waals surface area contributed by atoms with Crippen LogP contribution in [-0.4, -0.2) is 60.9 Å². The highest BCUT2D eigenvalue weighted by atomic mass is 35.5. The predicted octanol–water partition coefficient (Wildman–Crippen LogP) is 3.11. The van der Waals surface area contributed by atoms with Crippen LogP contribution in [-0.2, 0) is 11.2 Å². The molecule has 0 atom stereocenters. The molecule has 0 unspecified atom stereocenters. The highest BCUT2D eigenvalue weighted by Gasteiger charge is 2.23. The van der Waals surface area contributed by atoms with Gasteiger partial charge >= 0.3 is 0 Å². The van der Waals surface area contributed by atoms with Crippen molar-refractivity contribution >= 4 is 35.0 Å². The summed E-state index contributed by atoms with van der Waals surface area (Å²) in [5, 5.41) is 4.14. The maximum atomic E-state index is 12.5. The summed E-state index contributed by atoms with van der Waals surface area (Å²) in [6.07, 6.45) is 0.654. The Balaban J connectivity index is 1.38. The van der Waals surface area contributed by atoms with E-state index in [0.29, 0.717) is 61.3 Å². The molecule has 28 heavy (non-hydrogen) atoms. The molecule has 5 nitrogen and oxygen atoms in total. The molecular weight excluding hydrogens is 397 g/mol. The molecule has 1 N–H and O–H groups in total. The highest BCUT2D eigenvalue weighted by Crippen LogP contribution is 2.21. The molecule has 7 heteroatoms. The largest absolute Gasteiger partial charge is 0.355 e. The van der Waals surface area contributed by atoms with E-state index in [9.17, 15) is 9.59 Å². The van der Waals surface area contributed by atoms with Gasteiger partial charge in [-0.25, -0.2) is 0 Å². The standard InChI is InChI=1S/C21H23Cl2N3O2/c22-18-7-6-16(19(23)14-18)8-9-24-20(27)15-25-10-12-26(13-11-25)21(28)17-4-2-1-3-5-17/h1-7,14H,8-13,15H2,(H,24,27). The van der Waals surface area contributed by atoms with E-state index >= 15 is 0 Å². The fraction of sp³-hybridized carbons (Fsp3) is 0.333. The van der Waals surface area contributed by atoms with Gasteiger partial charge in [-0.1, -0.05) is 47.5 Å². The number of nitrogens with zero attached hydrogens (tertiary/aromatic N) is 2. The number of amides is 2. The maximum absolute atomic E-state index is 12.5. The minimum absolute atomic E-state index is 0.0204. The molecule has 1 saturated heterocycles. The number of benzene rings is 2. The first-order valence-electron chi connectivity index (χ1n) is 9.30. The lowest BCUT2D eigenvalue weighted by molar-refractivity contribution is -0.122. The summed E-state index contributed by atoms with van der Waals surface area (Å²) < 4.78 is 0. The normalized spacial score (nSPS) is 14.7. The second-order valence-corrected chi connectivity index (χ2v) is 7.61. The van der Waals surface area contributed by atoms with E-state index in [4.69, 9.17) is 23.2 Å². The summed E-state index contributed by atoms with van der Waals surface area (Å²) in [7, 11) is 0. The van der Waals surface area contributed by atoms with Crippen molar-refractivity contribution in [1.82, 2.24) is 15.1 Å². The predicted molar refractivity (Wildman–Crippen MR) is 112 cm³/mol. The SMILES string of the molecule is O=C(CN1CCN(C(=O)c2ccccc2)CC1)NCCc1ccc(Cl)cc1Cl.